The van der Waals surface area contributed by atoms with E-state index in [1.165, 1.54) is 11.1 Å². The summed E-state index contributed by atoms with van der Waals surface area (Å²) in [6.07, 6.45) is 5.74. The van der Waals surface area contributed by atoms with Crippen molar-refractivity contribution in [3.05, 3.63) is 77.4 Å². The molecule has 0 amide bonds. The standard InChI is InChI=1S/C13H18O.C13H16O/c1-10(2)13-6-4-12(5-7-13)8-11(3)9-14;1-11(2)8-9-13(10-14)12-6-4-3-5-7-12/h4-7,9-11H,8H2,1-3H3;3-7,9-11H,8H2,1-2H3/b;13-9-. The van der Waals surface area contributed by atoms with Crippen molar-refractivity contribution in [2.24, 2.45) is 11.8 Å². The van der Waals surface area contributed by atoms with E-state index in [-0.39, 0.29) is 5.92 Å². The van der Waals surface area contributed by atoms with Crippen molar-refractivity contribution in [3.8, 4) is 0 Å². The zero-order valence-electron chi connectivity index (χ0n) is 17.9. The van der Waals surface area contributed by atoms with Crippen molar-refractivity contribution in [1.82, 2.24) is 0 Å². The fourth-order valence-electron chi connectivity index (χ4n) is 2.69. The lowest BCUT2D eigenvalue weighted by Crippen LogP contribution is -2.00. The van der Waals surface area contributed by atoms with Crippen LogP contribution in [0.2, 0.25) is 0 Å². The zero-order valence-corrected chi connectivity index (χ0v) is 17.9. The van der Waals surface area contributed by atoms with Crippen molar-refractivity contribution in [2.45, 2.75) is 53.4 Å². The fourth-order valence-corrected chi connectivity index (χ4v) is 2.69. The van der Waals surface area contributed by atoms with E-state index in [1.807, 2.05) is 43.3 Å². The molecule has 0 aliphatic rings. The van der Waals surface area contributed by atoms with E-state index < -0.39 is 0 Å². The number of hydrogen-bond donors (Lipinski definition) is 0. The van der Waals surface area contributed by atoms with Gasteiger partial charge in [0, 0.05) is 11.5 Å². The lowest BCUT2D eigenvalue weighted by atomic mass is 9.98. The molecule has 0 aliphatic carbocycles. The van der Waals surface area contributed by atoms with Crippen LogP contribution in [-0.2, 0) is 16.0 Å². The van der Waals surface area contributed by atoms with Gasteiger partial charge in [-0.05, 0) is 41.4 Å². The van der Waals surface area contributed by atoms with Gasteiger partial charge in [-0.3, -0.25) is 4.79 Å². The summed E-state index contributed by atoms with van der Waals surface area (Å²) in [5, 5.41) is 0. The van der Waals surface area contributed by atoms with E-state index in [2.05, 4.69) is 52.0 Å². The molecule has 0 N–H and O–H groups in total. The van der Waals surface area contributed by atoms with Crippen molar-refractivity contribution in [2.75, 3.05) is 0 Å². The van der Waals surface area contributed by atoms with Crippen molar-refractivity contribution in [3.63, 3.8) is 0 Å². The fraction of sp³-hybridized carbons (Fsp3) is 0.385. The average Bonchev–Trinajstić information content (AvgIpc) is 2.70. The normalized spacial score (nSPS) is 12.3. The highest BCUT2D eigenvalue weighted by Crippen LogP contribution is 2.16. The predicted molar refractivity (Wildman–Crippen MR) is 119 cm³/mol. The van der Waals surface area contributed by atoms with Crippen LogP contribution in [0.5, 0.6) is 0 Å². The molecule has 0 fully saturated rings. The highest BCUT2D eigenvalue weighted by atomic mass is 16.1. The molecule has 2 heteroatoms. The summed E-state index contributed by atoms with van der Waals surface area (Å²) in [4.78, 5) is 21.3. The Morgan fingerprint density at radius 1 is 0.857 bits per heavy atom. The third-order valence-electron chi connectivity index (χ3n) is 4.48. The minimum absolute atomic E-state index is 0.125. The van der Waals surface area contributed by atoms with Crippen LogP contribution in [0.25, 0.3) is 5.57 Å². The number of carbonyl (C=O) groups is 2. The second-order valence-corrected chi connectivity index (χ2v) is 7.99. The highest BCUT2D eigenvalue weighted by Gasteiger charge is 2.03. The van der Waals surface area contributed by atoms with Gasteiger partial charge in [0.25, 0.3) is 0 Å². The lowest BCUT2D eigenvalue weighted by molar-refractivity contribution is -0.110. The molecule has 28 heavy (non-hydrogen) atoms. The number of hydrogen-bond acceptors (Lipinski definition) is 2. The van der Waals surface area contributed by atoms with E-state index in [9.17, 15) is 9.59 Å². The second kappa shape index (κ2) is 12.8. The molecule has 0 aliphatic heterocycles. The minimum Gasteiger partial charge on any atom is -0.303 e. The molecule has 0 bridgehead atoms. The Kier molecular flexibility index (Phi) is 10.8. The molecule has 2 aromatic rings. The van der Waals surface area contributed by atoms with Crippen LogP contribution in [0.1, 0.15) is 63.6 Å². The van der Waals surface area contributed by atoms with E-state index in [0.717, 1.165) is 36.6 Å². The van der Waals surface area contributed by atoms with Crippen LogP contribution < -0.4 is 0 Å². The second-order valence-electron chi connectivity index (χ2n) is 7.99. The maximum atomic E-state index is 10.8. The summed E-state index contributed by atoms with van der Waals surface area (Å²) in [7, 11) is 0. The Balaban J connectivity index is 0.000000280. The molecule has 0 saturated carbocycles. The van der Waals surface area contributed by atoms with Crippen LogP contribution in [0.3, 0.4) is 0 Å². The largest absolute Gasteiger partial charge is 0.303 e. The van der Waals surface area contributed by atoms with Crippen LogP contribution in [-0.4, -0.2) is 12.6 Å². The summed E-state index contributed by atoms with van der Waals surface area (Å²) < 4.78 is 0. The first-order valence-corrected chi connectivity index (χ1v) is 10.1. The topological polar surface area (TPSA) is 34.1 Å². The number of aldehydes is 2. The van der Waals surface area contributed by atoms with Gasteiger partial charge in [-0.25, -0.2) is 0 Å². The Labute approximate surface area is 170 Å². The number of allylic oxidation sites excluding steroid dienone is 2. The van der Waals surface area contributed by atoms with Crippen LogP contribution in [0.4, 0.5) is 0 Å². The summed E-state index contributed by atoms with van der Waals surface area (Å²) in [5.74, 6) is 1.29. The number of rotatable bonds is 8. The molecule has 1 unspecified atom stereocenters. The maximum absolute atomic E-state index is 10.8. The molecule has 0 saturated heterocycles. The third kappa shape index (κ3) is 8.94. The Bertz CT molecular complexity index is 725. The minimum atomic E-state index is 0.125. The Morgan fingerprint density at radius 2 is 1.46 bits per heavy atom. The Morgan fingerprint density at radius 3 is 1.93 bits per heavy atom. The first-order chi connectivity index (χ1) is 13.4. The number of benzene rings is 2. The summed E-state index contributed by atoms with van der Waals surface area (Å²) in [5.41, 5.74) is 4.39. The molecule has 0 spiro atoms. The van der Waals surface area contributed by atoms with Crippen LogP contribution in [0.15, 0.2) is 60.7 Å². The molecule has 1 atom stereocenters. The molecule has 0 aromatic heterocycles. The lowest BCUT2D eigenvalue weighted by Gasteiger charge is -2.07. The molecule has 2 aromatic carbocycles. The molecule has 150 valence electrons. The highest BCUT2D eigenvalue weighted by molar-refractivity contribution is 6.06. The van der Waals surface area contributed by atoms with Gasteiger partial charge >= 0.3 is 0 Å². The number of carbonyl (C=O) groups excluding carboxylic acids is 2. The molecular weight excluding hydrogens is 344 g/mol. The quantitative estimate of drug-likeness (QED) is 0.388. The third-order valence-corrected chi connectivity index (χ3v) is 4.48. The smallest absolute Gasteiger partial charge is 0.150 e. The molecule has 0 heterocycles. The molecule has 0 radical (unpaired) electrons. The Hall–Kier alpha value is -2.48. The van der Waals surface area contributed by atoms with Crippen LogP contribution >= 0.6 is 0 Å². The molecule has 2 rings (SSSR count). The van der Waals surface area contributed by atoms with E-state index >= 15 is 0 Å². The predicted octanol–water partition coefficient (Wildman–Crippen LogP) is 6.50. The summed E-state index contributed by atoms with van der Waals surface area (Å²) in [6, 6.07) is 18.3. The van der Waals surface area contributed by atoms with Crippen LogP contribution in [0, 0.1) is 11.8 Å². The van der Waals surface area contributed by atoms with Gasteiger partial charge in [0.2, 0.25) is 0 Å². The van der Waals surface area contributed by atoms with E-state index in [4.69, 9.17) is 0 Å². The van der Waals surface area contributed by atoms with E-state index in [1.54, 1.807) is 0 Å². The monoisotopic (exact) mass is 378 g/mol. The summed E-state index contributed by atoms with van der Waals surface area (Å²) in [6.45, 7) is 10.6. The first kappa shape index (κ1) is 23.6. The van der Waals surface area contributed by atoms with Gasteiger partial charge in [0.15, 0.2) is 0 Å². The van der Waals surface area contributed by atoms with E-state index in [0.29, 0.717) is 11.8 Å². The zero-order chi connectivity index (χ0) is 20.9. The maximum Gasteiger partial charge on any atom is 0.150 e. The van der Waals surface area contributed by atoms with Crippen molar-refractivity contribution >= 4 is 18.1 Å². The van der Waals surface area contributed by atoms with Gasteiger partial charge < -0.3 is 4.79 Å². The molecule has 2 nitrogen and oxygen atoms in total. The van der Waals surface area contributed by atoms with Gasteiger partial charge in [0.05, 0.1) is 0 Å². The van der Waals surface area contributed by atoms with Gasteiger partial charge in [-0.2, -0.15) is 0 Å². The molecular formula is C26H34O2. The van der Waals surface area contributed by atoms with Crippen molar-refractivity contribution in [1.29, 1.82) is 0 Å². The first-order valence-electron chi connectivity index (χ1n) is 10.1. The SMILES string of the molecule is CC(C)C/C=C(/C=O)c1ccccc1.CC(C=O)Cc1ccc(C(C)C)cc1. The van der Waals surface area contributed by atoms with Crippen molar-refractivity contribution < 1.29 is 9.59 Å². The average molecular weight is 379 g/mol. The van der Waals surface area contributed by atoms with Gasteiger partial charge in [0.1, 0.15) is 12.6 Å². The van der Waals surface area contributed by atoms with Gasteiger partial charge in [-0.1, -0.05) is 95.3 Å². The summed E-state index contributed by atoms with van der Waals surface area (Å²) >= 11 is 0. The van der Waals surface area contributed by atoms with Gasteiger partial charge in [-0.15, -0.1) is 0 Å².